The Balaban J connectivity index is 1.85. The second-order valence-electron chi connectivity index (χ2n) is 6.41. The van der Waals surface area contributed by atoms with Crippen molar-refractivity contribution in [3.8, 4) is 5.75 Å². The van der Waals surface area contributed by atoms with Crippen molar-refractivity contribution in [1.29, 1.82) is 0 Å². The summed E-state index contributed by atoms with van der Waals surface area (Å²) in [5.74, 6) is -0.217. The predicted molar refractivity (Wildman–Crippen MR) is 100 cm³/mol. The molecule has 1 aromatic carbocycles. The second kappa shape index (κ2) is 7.25. The zero-order chi connectivity index (χ0) is 19.8. The third-order valence-corrected chi connectivity index (χ3v) is 4.88. The Labute approximate surface area is 164 Å². The number of ether oxygens (including phenoxy) is 1. The average Bonchev–Trinajstić information content (AvgIpc) is 3.10. The number of anilines is 1. The van der Waals surface area contributed by atoms with Gasteiger partial charge in [-0.1, -0.05) is 11.6 Å². The van der Waals surface area contributed by atoms with Crippen LogP contribution in [0.2, 0.25) is 5.02 Å². The average molecular weight is 406 g/mol. The number of hydrogen-bond donors (Lipinski definition) is 3. The number of aliphatic hydroxyl groups is 1. The third-order valence-electron chi connectivity index (χ3n) is 4.49. The lowest BCUT2D eigenvalue weighted by Gasteiger charge is -2.23. The molecule has 1 aliphatic heterocycles. The highest BCUT2D eigenvalue weighted by atomic mass is 35.5. The van der Waals surface area contributed by atoms with E-state index in [2.05, 4.69) is 20.7 Å². The fourth-order valence-corrected chi connectivity index (χ4v) is 3.40. The smallest absolute Gasteiger partial charge is 0.256 e. The van der Waals surface area contributed by atoms with Gasteiger partial charge in [0.2, 0.25) is 0 Å². The van der Waals surface area contributed by atoms with Crippen LogP contribution in [-0.4, -0.2) is 44.9 Å². The topological polar surface area (TPSA) is 101 Å². The van der Waals surface area contributed by atoms with Crippen molar-refractivity contribution in [2.24, 2.45) is 0 Å². The van der Waals surface area contributed by atoms with Crippen molar-refractivity contribution in [1.82, 2.24) is 19.9 Å². The molecule has 2 bridgehead atoms. The van der Waals surface area contributed by atoms with Gasteiger partial charge in [-0.3, -0.25) is 4.79 Å². The summed E-state index contributed by atoms with van der Waals surface area (Å²) in [7, 11) is 0. The number of halogens is 2. The summed E-state index contributed by atoms with van der Waals surface area (Å²) in [5, 5.41) is 19.5. The number of aromatic nitrogens is 3. The Kier molecular flexibility index (Phi) is 4.78. The van der Waals surface area contributed by atoms with Gasteiger partial charge in [-0.05, 0) is 25.1 Å². The van der Waals surface area contributed by atoms with Crippen molar-refractivity contribution in [3.63, 3.8) is 0 Å². The molecule has 0 saturated carbocycles. The molecule has 2 aromatic heterocycles. The first-order valence-corrected chi connectivity index (χ1v) is 9.00. The van der Waals surface area contributed by atoms with Gasteiger partial charge in [0.25, 0.3) is 5.91 Å². The van der Waals surface area contributed by atoms with Gasteiger partial charge >= 0.3 is 0 Å². The second-order valence-corrected chi connectivity index (χ2v) is 6.79. The number of rotatable bonds is 1. The molecule has 28 heavy (non-hydrogen) atoms. The summed E-state index contributed by atoms with van der Waals surface area (Å²) < 4.78 is 21.4. The number of fused-ring (bicyclic) bond motifs is 2. The van der Waals surface area contributed by atoms with Crippen LogP contribution < -0.4 is 15.4 Å². The molecule has 3 heterocycles. The highest BCUT2D eigenvalue weighted by molar-refractivity contribution is 6.31. The molecule has 0 saturated heterocycles. The van der Waals surface area contributed by atoms with Crippen LogP contribution in [-0.2, 0) is 0 Å². The monoisotopic (exact) mass is 405 g/mol. The lowest BCUT2D eigenvalue weighted by molar-refractivity contribution is 0.0869. The van der Waals surface area contributed by atoms with Gasteiger partial charge in [-0.2, -0.15) is 5.10 Å². The molecule has 8 nitrogen and oxygen atoms in total. The van der Waals surface area contributed by atoms with Gasteiger partial charge in [0, 0.05) is 11.8 Å². The number of amides is 1. The number of carbonyl (C=O) groups excluding carboxylic acids is 1. The summed E-state index contributed by atoms with van der Waals surface area (Å²) in [4.78, 5) is 17.0. The van der Waals surface area contributed by atoms with Gasteiger partial charge < -0.3 is 20.5 Å². The molecule has 0 radical (unpaired) electrons. The van der Waals surface area contributed by atoms with Gasteiger partial charge in [0.05, 0.1) is 30.4 Å². The first kappa shape index (κ1) is 18.5. The van der Waals surface area contributed by atoms with Gasteiger partial charge in [-0.15, -0.1) is 0 Å². The number of hydrogen-bond acceptors (Lipinski definition) is 6. The highest BCUT2D eigenvalue weighted by Crippen LogP contribution is 2.36. The Morgan fingerprint density at radius 2 is 2.25 bits per heavy atom. The van der Waals surface area contributed by atoms with Crippen LogP contribution in [0.3, 0.4) is 0 Å². The Morgan fingerprint density at radius 3 is 3.04 bits per heavy atom. The van der Waals surface area contributed by atoms with Crippen molar-refractivity contribution in [3.05, 3.63) is 52.6 Å². The molecule has 0 unspecified atom stereocenters. The first-order valence-electron chi connectivity index (χ1n) is 8.62. The molecule has 0 aliphatic carbocycles. The first-order chi connectivity index (χ1) is 13.5. The van der Waals surface area contributed by atoms with Crippen molar-refractivity contribution in [2.45, 2.75) is 19.1 Å². The van der Waals surface area contributed by atoms with E-state index in [4.69, 9.17) is 16.3 Å². The number of benzene rings is 1. The zero-order valence-electron chi connectivity index (χ0n) is 14.8. The molecule has 10 heteroatoms. The Hall–Kier alpha value is -2.91. The molecule has 2 atom stereocenters. The van der Waals surface area contributed by atoms with Crippen LogP contribution in [0.1, 0.15) is 28.9 Å². The Bertz CT molecular complexity index is 1060. The summed E-state index contributed by atoms with van der Waals surface area (Å²) in [6, 6.07) is 3.86. The standard InChI is InChI=1S/C18H17ClFN5O3/c1-9-15-13(3-2-12(20)16(15)19)28-10(8-26)6-21-18(27)11-7-22-25-5-4-14(23-9)24-17(11)25/h2-5,7,9-10,26H,6,8H2,1H3,(H,21,27)(H,23,24)/t9-,10+/m1/s1. The third kappa shape index (κ3) is 3.23. The van der Waals surface area contributed by atoms with E-state index in [-0.39, 0.29) is 23.7 Å². The molecule has 4 rings (SSSR count). The molecular weight excluding hydrogens is 389 g/mol. The van der Waals surface area contributed by atoms with Crippen LogP contribution in [0.4, 0.5) is 10.2 Å². The normalized spacial score (nSPS) is 19.6. The van der Waals surface area contributed by atoms with Crippen LogP contribution in [0.25, 0.3) is 5.65 Å². The van der Waals surface area contributed by atoms with Crippen LogP contribution >= 0.6 is 11.6 Å². The van der Waals surface area contributed by atoms with E-state index >= 15 is 0 Å². The van der Waals surface area contributed by atoms with Crippen molar-refractivity contribution in [2.75, 3.05) is 18.5 Å². The van der Waals surface area contributed by atoms with E-state index in [0.29, 0.717) is 22.8 Å². The van der Waals surface area contributed by atoms with Crippen LogP contribution in [0, 0.1) is 5.82 Å². The number of aliphatic hydroxyl groups excluding tert-OH is 1. The van der Waals surface area contributed by atoms with Gasteiger partial charge in [-0.25, -0.2) is 13.9 Å². The zero-order valence-corrected chi connectivity index (χ0v) is 15.6. The molecule has 1 amide bonds. The minimum absolute atomic E-state index is 0.0304. The van der Waals surface area contributed by atoms with Crippen LogP contribution in [0.5, 0.6) is 5.75 Å². The van der Waals surface area contributed by atoms with Gasteiger partial charge in [0.1, 0.15) is 29.1 Å². The van der Waals surface area contributed by atoms with E-state index < -0.39 is 23.9 Å². The van der Waals surface area contributed by atoms with E-state index in [1.165, 1.54) is 22.8 Å². The molecule has 0 spiro atoms. The summed E-state index contributed by atoms with van der Waals surface area (Å²) in [5.41, 5.74) is 1.04. The van der Waals surface area contributed by atoms with Crippen molar-refractivity contribution < 1.29 is 19.0 Å². The quantitative estimate of drug-likeness (QED) is 0.573. The van der Waals surface area contributed by atoms with E-state index in [1.54, 1.807) is 19.2 Å². The molecular formula is C18H17ClFN5O3. The SMILES string of the molecule is C[C@H]1Nc2ccn3ncc(c3n2)C(=O)NC[C@@H](CO)Oc2ccc(F)c(Cl)c21. The molecule has 1 aliphatic rings. The fraction of sp³-hybridized carbons (Fsp3) is 0.278. The number of carbonyl (C=O) groups is 1. The maximum atomic E-state index is 14.1. The van der Waals surface area contributed by atoms with E-state index in [1.807, 2.05) is 0 Å². The minimum atomic E-state index is -0.751. The summed E-state index contributed by atoms with van der Waals surface area (Å²) >= 11 is 6.21. The lowest BCUT2D eigenvalue weighted by Crippen LogP contribution is -2.37. The Morgan fingerprint density at radius 1 is 1.43 bits per heavy atom. The maximum absolute atomic E-state index is 14.1. The molecule has 0 fully saturated rings. The summed E-state index contributed by atoms with van der Waals surface area (Å²) in [6.45, 7) is 1.46. The highest BCUT2D eigenvalue weighted by Gasteiger charge is 2.24. The number of nitrogens with one attached hydrogen (secondary N) is 2. The largest absolute Gasteiger partial charge is 0.486 e. The fourth-order valence-electron chi connectivity index (χ4n) is 3.08. The van der Waals surface area contributed by atoms with Gasteiger partial charge in [0.15, 0.2) is 5.65 Å². The van der Waals surface area contributed by atoms with Crippen LogP contribution in [0.15, 0.2) is 30.6 Å². The lowest BCUT2D eigenvalue weighted by atomic mass is 10.1. The molecule has 146 valence electrons. The predicted octanol–water partition coefficient (Wildman–Crippen LogP) is 2.18. The molecule has 3 aromatic rings. The summed E-state index contributed by atoms with van der Waals surface area (Å²) in [6.07, 6.45) is 2.33. The van der Waals surface area contributed by atoms with E-state index in [9.17, 15) is 14.3 Å². The molecule has 3 N–H and O–H groups in total. The number of nitrogens with zero attached hydrogens (tertiary/aromatic N) is 3. The van der Waals surface area contributed by atoms with E-state index in [0.717, 1.165) is 0 Å². The maximum Gasteiger partial charge on any atom is 0.256 e. The minimum Gasteiger partial charge on any atom is -0.486 e. The van der Waals surface area contributed by atoms with Crippen molar-refractivity contribution >= 4 is 29.0 Å².